The summed E-state index contributed by atoms with van der Waals surface area (Å²) in [4.78, 5) is 36.1. The van der Waals surface area contributed by atoms with Crippen molar-refractivity contribution in [2.24, 2.45) is 0 Å². The maximum absolute atomic E-state index is 12.0. The van der Waals surface area contributed by atoms with Crippen LogP contribution in [0.1, 0.15) is 54.9 Å². The lowest BCUT2D eigenvalue weighted by Crippen LogP contribution is -2.59. The van der Waals surface area contributed by atoms with E-state index in [9.17, 15) is 14.4 Å². The van der Waals surface area contributed by atoms with Gasteiger partial charge in [-0.2, -0.15) is 0 Å². The molecule has 36 heavy (non-hydrogen) atoms. The zero-order valence-corrected chi connectivity index (χ0v) is 22.1. The van der Waals surface area contributed by atoms with Gasteiger partial charge in [-0.05, 0) is 20.8 Å². The first-order valence-electron chi connectivity index (χ1n) is 11.3. The first kappa shape index (κ1) is 33.4. The summed E-state index contributed by atoms with van der Waals surface area (Å²) in [5.41, 5.74) is 0. The molecule has 0 aromatic rings. The fraction of sp³-hybridized carbons (Fsp3) is 0.625. The molecule has 0 radical (unpaired) electrons. The van der Waals surface area contributed by atoms with Crippen molar-refractivity contribution in [1.82, 2.24) is 0 Å². The molecule has 0 heterocycles. The highest BCUT2D eigenvalue weighted by atomic mass is 17.1. The van der Waals surface area contributed by atoms with Gasteiger partial charge in [0.25, 0.3) is 5.97 Å². The van der Waals surface area contributed by atoms with Crippen molar-refractivity contribution in [1.29, 1.82) is 0 Å². The fourth-order valence-corrected chi connectivity index (χ4v) is 2.83. The molecule has 0 saturated carbocycles. The SMILES string of the molecule is C=CC(=O)OC(C)(OCC)OC(CC)(OC(C)(OCC)OC(=O)C=C)OC(C)(OCC)OC(=O)C=C. The number of rotatable bonds is 19. The minimum absolute atomic E-state index is 0.0169. The molecule has 0 aromatic heterocycles. The summed E-state index contributed by atoms with van der Waals surface area (Å²) >= 11 is 0. The summed E-state index contributed by atoms with van der Waals surface area (Å²) in [6, 6.07) is 0. The Morgan fingerprint density at radius 2 is 0.833 bits per heavy atom. The first-order valence-corrected chi connectivity index (χ1v) is 11.3. The zero-order valence-electron chi connectivity index (χ0n) is 22.1. The molecule has 0 fully saturated rings. The molecule has 0 amide bonds. The lowest BCUT2D eigenvalue weighted by atomic mass is 10.3. The smallest absolute Gasteiger partial charge is 0.334 e. The van der Waals surface area contributed by atoms with E-state index < -0.39 is 41.8 Å². The highest BCUT2D eigenvalue weighted by Gasteiger charge is 2.54. The summed E-state index contributed by atoms with van der Waals surface area (Å²) in [6.07, 6.45) is 2.47. The van der Waals surface area contributed by atoms with Gasteiger partial charge >= 0.3 is 35.8 Å². The van der Waals surface area contributed by atoms with Crippen LogP contribution in [0.5, 0.6) is 0 Å². The normalized spacial score (nSPS) is 17.8. The number of hydrogen-bond donors (Lipinski definition) is 0. The van der Waals surface area contributed by atoms with E-state index in [1.165, 1.54) is 20.8 Å². The number of carbonyl (C=O) groups excluding carboxylic acids is 3. The lowest BCUT2D eigenvalue weighted by molar-refractivity contribution is -0.577. The van der Waals surface area contributed by atoms with Gasteiger partial charge in [0, 0.05) is 45.4 Å². The minimum Gasteiger partial charge on any atom is -0.405 e. The zero-order chi connectivity index (χ0) is 28.0. The van der Waals surface area contributed by atoms with Crippen LogP contribution in [0, 0.1) is 0 Å². The Hall–Kier alpha value is -2.61. The van der Waals surface area contributed by atoms with Gasteiger partial charge in [0.1, 0.15) is 0 Å². The third-order valence-corrected chi connectivity index (χ3v) is 4.03. The van der Waals surface area contributed by atoms with Crippen LogP contribution in [0.3, 0.4) is 0 Å². The average molecular weight is 519 g/mol. The van der Waals surface area contributed by atoms with Gasteiger partial charge < -0.3 is 28.4 Å². The average Bonchev–Trinajstić information content (AvgIpc) is 2.78. The van der Waals surface area contributed by atoms with Gasteiger partial charge in [-0.3, -0.25) is 14.2 Å². The van der Waals surface area contributed by atoms with Crippen molar-refractivity contribution in [3.05, 3.63) is 38.0 Å². The Bertz CT molecular complexity index is 683. The van der Waals surface area contributed by atoms with Gasteiger partial charge in [0.2, 0.25) is 0 Å². The first-order chi connectivity index (χ1) is 16.7. The van der Waals surface area contributed by atoms with E-state index in [2.05, 4.69) is 19.7 Å². The van der Waals surface area contributed by atoms with Crippen molar-refractivity contribution in [3.63, 3.8) is 0 Å². The summed E-state index contributed by atoms with van der Waals surface area (Å²) in [5.74, 6) is -11.5. The molecular weight excluding hydrogens is 480 g/mol. The van der Waals surface area contributed by atoms with E-state index in [4.69, 9.17) is 42.6 Å². The highest BCUT2D eigenvalue weighted by Crippen LogP contribution is 2.38. The van der Waals surface area contributed by atoms with Crippen molar-refractivity contribution >= 4 is 17.9 Å². The van der Waals surface area contributed by atoms with E-state index in [0.717, 1.165) is 18.2 Å². The van der Waals surface area contributed by atoms with Crippen molar-refractivity contribution in [2.45, 2.75) is 78.8 Å². The number of ether oxygens (including phenoxy) is 9. The van der Waals surface area contributed by atoms with Crippen molar-refractivity contribution in [2.75, 3.05) is 19.8 Å². The second-order valence-corrected chi connectivity index (χ2v) is 7.10. The van der Waals surface area contributed by atoms with E-state index in [1.54, 1.807) is 27.7 Å². The summed E-state index contributed by atoms with van der Waals surface area (Å²) in [7, 11) is 0. The van der Waals surface area contributed by atoms with Crippen LogP contribution in [0.25, 0.3) is 0 Å². The summed E-state index contributed by atoms with van der Waals surface area (Å²) in [6.45, 7) is 20.3. The molecule has 3 unspecified atom stereocenters. The molecule has 0 bridgehead atoms. The predicted octanol–water partition coefficient (Wildman–Crippen LogP) is 3.42. The molecule has 0 aromatic carbocycles. The van der Waals surface area contributed by atoms with Crippen LogP contribution in [0.4, 0.5) is 0 Å². The van der Waals surface area contributed by atoms with Gasteiger partial charge in [0.15, 0.2) is 0 Å². The molecule has 0 rings (SSSR count). The van der Waals surface area contributed by atoms with Gasteiger partial charge in [-0.15, -0.1) is 0 Å². The Labute approximate surface area is 212 Å². The maximum atomic E-state index is 12.0. The van der Waals surface area contributed by atoms with Gasteiger partial charge in [-0.25, -0.2) is 14.4 Å². The van der Waals surface area contributed by atoms with Crippen LogP contribution in [-0.2, 0) is 57.0 Å². The van der Waals surface area contributed by atoms with E-state index in [1.807, 2.05) is 0 Å². The number of esters is 3. The van der Waals surface area contributed by atoms with Crippen molar-refractivity contribution < 1.29 is 57.0 Å². The highest BCUT2D eigenvalue weighted by molar-refractivity contribution is 5.82. The summed E-state index contributed by atoms with van der Waals surface area (Å²) < 4.78 is 50.1. The Balaban J connectivity index is 6.79. The van der Waals surface area contributed by atoms with E-state index >= 15 is 0 Å². The maximum Gasteiger partial charge on any atom is 0.334 e. The molecule has 0 N–H and O–H groups in total. The molecule has 0 aliphatic rings. The second kappa shape index (κ2) is 14.8. The predicted molar refractivity (Wildman–Crippen MR) is 125 cm³/mol. The third-order valence-electron chi connectivity index (χ3n) is 4.03. The third kappa shape index (κ3) is 11.0. The molecule has 206 valence electrons. The molecule has 0 aliphatic heterocycles. The molecular formula is C24H38O12. The van der Waals surface area contributed by atoms with Crippen LogP contribution in [-0.4, -0.2) is 61.6 Å². The molecule has 0 saturated heterocycles. The second-order valence-electron chi connectivity index (χ2n) is 7.10. The molecule has 12 heteroatoms. The van der Waals surface area contributed by atoms with E-state index in [-0.39, 0.29) is 26.2 Å². The van der Waals surface area contributed by atoms with E-state index in [0.29, 0.717) is 0 Å². The number of hydrogen-bond acceptors (Lipinski definition) is 12. The topological polar surface area (TPSA) is 134 Å². The Kier molecular flexibility index (Phi) is 13.8. The molecule has 0 spiro atoms. The van der Waals surface area contributed by atoms with Crippen LogP contribution in [0.15, 0.2) is 38.0 Å². The Morgan fingerprint density at radius 3 is 1.00 bits per heavy atom. The molecule has 0 aliphatic carbocycles. The molecule has 12 nitrogen and oxygen atoms in total. The van der Waals surface area contributed by atoms with Crippen LogP contribution >= 0.6 is 0 Å². The van der Waals surface area contributed by atoms with Crippen molar-refractivity contribution in [3.8, 4) is 0 Å². The van der Waals surface area contributed by atoms with Crippen LogP contribution in [0.2, 0.25) is 0 Å². The minimum atomic E-state index is -2.36. The van der Waals surface area contributed by atoms with Crippen LogP contribution < -0.4 is 0 Å². The summed E-state index contributed by atoms with van der Waals surface area (Å²) in [5, 5.41) is 0. The quantitative estimate of drug-likeness (QED) is 0.107. The van der Waals surface area contributed by atoms with Gasteiger partial charge in [-0.1, -0.05) is 26.7 Å². The number of carbonyl (C=O) groups is 3. The fourth-order valence-electron chi connectivity index (χ4n) is 2.83. The lowest BCUT2D eigenvalue weighted by Gasteiger charge is -2.45. The standard InChI is InChI=1S/C24H38O12/c1-11-18(25)31-21(8,28-15-5)34-24(14-4,35-22(9,29-16-6)32-19(26)12-2)36-23(10,30-17-7)33-20(27)13-3/h11-13H,1-3,14-17H2,4-10H3. The monoisotopic (exact) mass is 518 g/mol. The molecule has 3 atom stereocenters. The Morgan fingerprint density at radius 1 is 0.583 bits per heavy atom. The van der Waals surface area contributed by atoms with Gasteiger partial charge in [0.05, 0.1) is 19.8 Å². The largest absolute Gasteiger partial charge is 0.405 e.